The lowest BCUT2D eigenvalue weighted by Gasteiger charge is -2.26. The molecule has 1 aliphatic rings. The molecule has 1 aromatic carbocycles. The zero-order valence-corrected chi connectivity index (χ0v) is 14.0. The highest BCUT2D eigenvalue weighted by molar-refractivity contribution is 9.10. The molecule has 0 radical (unpaired) electrons. The van der Waals surface area contributed by atoms with E-state index in [2.05, 4.69) is 61.2 Å². The second kappa shape index (κ2) is 6.29. The van der Waals surface area contributed by atoms with Crippen LogP contribution in [0.2, 0.25) is 0 Å². The van der Waals surface area contributed by atoms with Crippen LogP contribution in [0.25, 0.3) is 0 Å². The van der Waals surface area contributed by atoms with Gasteiger partial charge in [-0.1, -0.05) is 6.07 Å². The molecule has 0 unspecified atom stereocenters. The lowest BCUT2D eigenvalue weighted by Crippen LogP contribution is -2.25. The van der Waals surface area contributed by atoms with Gasteiger partial charge in [-0.2, -0.15) is 11.3 Å². The number of hydrogen-bond donors (Lipinski definition) is 1. The van der Waals surface area contributed by atoms with E-state index in [0.717, 1.165) is 13.1 Å². The van der Waals surface area contributed by atoms with Crippen LogP contribution >= 0.6 is 27.3 Å². The van der Waals surface area contributed by atoms with Gasteiger partial charge in [-0.05, 0) is 75.9 Å². The molecule has 0 amide bonds. The molecule has 20 heavy (non-hydrogen) atoms. The van der Waals surface area contributed by atoms with Crippen LogP contribution in [0.3, 0.4) is 0 Å². The summed E-state index contributed by atoms with van der Waals surface area (Å²) in [7, 11) is 1.98. The monoisotopic (exact) mass is 350 g/mol. The van der Waals surface area contributed by atoms with Gasteiger partial charge in [-0.15, -0.1) is 0 Å². The van der Waals surface area contributed by atoms with Gasteiger partial charge in [0.25, 0.3) is 0 Å². The van der Waals surface area contributed by atoms with E-state index in [1.54, 1.807) is 11.3 Å². The van der Waals surface area contributed by atoms with E-state index in [4.69, 9.17) is 0 Å². The molecule has 1 fully saturated rings. The van der Waals surface area contributed by atoms with Crippen molar-refractivity contribution in [3.8, 4) is 0 Å². The summed E-state index contributed by atoms with van der Waals surface area (Å²) in [5.41, 5.74) is 4.04. The number of halogens is 1. The highest BCUT2D eigenvalue weighted by Gasteiger charge is 2.30. The quantitative estimate of drug-likeness (QED) is 0.830. The largest absolute Gasteiger partial charge is 0.363 e. The summed E-state index contributed by atoms with van der Waals surface area (Å²) in [5, 5.41) is 7.61. The third-order valence-electron chi connectivity index (χ3n) is 3.62. The Balaban J connectivity index is 1.83. The first-order chi connectivity index (χ1) is 9.78. The maximum absolute atomic E-state index is 3.75. The third-order valence-corrected chi connectivity index (χ3v) is 4.99. The van der Waals surface area contributed by atoms with Crippen LogP contribution in [-0.2, 0) is 13.1 Å². The Morgan fingerprint density at radius 1 is 1.30 bits per heavy atom. The van der Waals surface area contributed by atoms with Crippen molar-refractivity contribution in [2.45, 2.75) is 32.0 Å². The average Bonchev–Trinajstić information content (AvgIpc) is 3.15. The summed E-state index contributed by atoms with van der Waals surface area (Å²) in [5.74, 6) is 0. The molecule has 1 N–H and O–H groups in total. The van der Waals surface area contributed by atoms with Gasteiger partial charge in [-0.25, -0.2) is 0 Å². The first-order valence-corrected chi connectivity index (χ1v) is 8.72. The van der Waals surface area contributed by atoms with Crippen molar-refractivity contribution < 1.29 is 0 Å². The van der Waals surface area contributed by atoms with Gasteiger partial charge in [0.15, 0.2) is 0 Å². The standard InChI is InChI=1S/C16H19BrN2S/c1-18-9-12-2-5-16(15(17)8-12)19(14-3-4-14)10-13-6-7-20-11-13/h2,5-8,11,14,18H,3-4,9-10H2,1H3. The van der Waals surface area contributed by atoms with Gasteiger partial charge >= 0.3 is 0 Å². The van der Waals surface area contributed by atoms with E-state index in [-0.39, 0.29) is 0 Å². The van der Waals surface area contributed by atoms with Crippen molar-refractivity contribution in [1.82, 2.24) is 5.32 Å². The molecule has 0 saturated heterocycles. The molecule has 106 valence electrons. The smallest absolute Gasteiger partial charge is 0.0516 e. The second-order valence-electron chi connectivity index (χ2n) is 5.31. The Kier molecular flexibility index (Phi) is 4.44. The van der Waals surface area contributed by atoms with Gasteiger partial charge in [0, 0.05) is 23.6 Å². The summed E-state index contributed by atoms with van der Waals surface area (Å²) in [6.45, 7) is 1.92. The lowest BCUT2D eigenvalue weighted by molar-refractivity contribution is 0.789. The first kappa shape index (κ1) is 14.1. The summed E-state index contributed by atoms with van der Waals surface area (Å²) in [6, 6.07) is 9.64. The van der Waals surface area contributed by atoms with Crippen LogP contribution in [0.4, 0.5) is 5.69 Å². The van der Waals surface area contributed by atoms with Gasteiger partial charge in [0.05, 0.1) is 5.69 Å². The highest BCUT2D eigenvalue weighted by Crippen LogP contribution is 2.37. The summed E-state index contributed by atoms with van der Waals surface area (Å²) in [6.07, 6.45) is 2.63. The molecule has 1 heterocycles. The van der Waals surface area contributed by atoms with Crippen LogP contribution in [0.15, 0.2) is 39.5 Å². The van der Waals surface area contributed by atoms with Crippen LogP contribution in [-0.4, -0.2) is 13.1 Å². The summed E-state index contributed by atoms with van der Waals surface area (Å²) in [4.78, 5) is 2.54. The molecule has 0 aliphatic heterocycles. The average molecular weight is 351 g/mol. The number of rotatable bonds is 6. The Morgan fingerprint density at radius 2 is 2.15 bits per heavy atom. The number of benzene rings is 1. The van der Waals surface area contributed by atoms with Gasteiger partial charge < -0.3 is 10.2 Å². The Labute approximate surface area is 132 Å². The van der Waals surface area contributed by atoms with E-state index >= 15 is 0 Å². The molecule has 1 aromatic heterocycles. The van der Waals surface area contributed by atoms with Crippen LogP contribution in [0.1, 0.15) is 24.0 Å². The van der Waals surface area contributed by atoms with Crippen molar-refractivity contribution in [2.24, 2.45) is 0 Å². The van der Waals surface area contributed by atoms with Crippen LogP contribution in [0, 0.1) is 0 Å². The van der Waals surface area contributed by atoms with Crippen molar-refractivity contribution in [3.63, 3.8) is 0 Å². The van der Waals surface area contributed by atoms with E-state index in [1.807, 2.05) is 7.05 Å². The van der Waals surface area contributed by atoms with Crippen LogP contribution in [0.5, 0.6) is 0 Å². The zero-order valence-electron chi connectivity index (χ0n) is 11.6. The normalized spacial score (nSPS) is 14.5. The second-order valence-corrected chi connectivity index (χ2v) is 6.94. The molecule has 0 bridgehead atoms. The summed E-state index contributed by atoms with van der Waals surface area (Å²) < 4.78 is 1.20. The predicted molar refractivity (Wildman–Crippen MR) is 90.4 cm³/mol. The number of thiophene rings is 1. The molecule has 1 aliphatic carbocycles. The molecular weight excluding hydrogens is 332 g/mol. The highest BCUT2D eigenvalue weighted by atomic mass is 79.9. The van der Waals surface area contributed by atoms with Crippen molar-refractivity contribution in [2.75, 3.05) is 11.9 Å². The molecule has 0 atom stereocenters. The Hall–Kier alpha value is -0.840. The Morgan fingerprint density at radius 3 is 2.75 bits per heavy atom. The summed E-state index contributed by atoms with van der Waals surface area (Å²) >= 11 is 5.53. The fourth-order valence-electron chi connectivity index (χ4n) is 2.47. The maximum atomic E-state index is 3.75. The van der Waals surface area contributed by atoms with Crippen molar-refractivity contribution in [3.05, 3.63) is 50.6 Å². The third kappa shape index (κ3) is 3.25. The predicted octanol–water partition coefficient (Wildman–Crippen LogP) is 4.40. The number of hydrogen-bond acceptors (Lipinski definition) is 3. The van der Waals surface area contributed by atoms with Gasteiger partial charge in [0.1, 0.15) is 0 Å². The van der Waals surface area contributed by atoms with Crippen molar-refractivity contribution in [1.29, 1.82) is 0 Å². The molecule has 2 aromatic rings. The minimum atomic E-state index is 0.710. The molecule has 0 spiro atoms. The fraction of sp³-hybridized carbons (Fsp3) is 0.375. The topological polar surface area (TPSA) is 15.3 Å². The zero-order chi connectivity index (χ0) is 13.9. The lowest BCUT2D eigenvalue weighted by atomic mass is 10.1. The Bertz CT molecular complexity index is 564. The molecule has 1 saturated carbocycles. The van der Waals surface area contributed by atoms with Crippen molar-refractivity contribution >= 4 is 33.0 Å². The molecule has 3 rings (SSSR count). The minimum Gasteiger partial charge on any atom is -0.363 e. The van der Waals surface area contributed by atoms with E-state index in [9.17, 15) is 0 Å². The SMILES string of the molecule is CNCc1ccc(N(Cc2ccsc2)C2CC2)c(Br)c1. The number of nitrogens with one attached hydrogen (secondary N) is 1. The van der Waals surface area contributed by atoms with Crippen LogP contribution < -0.4 is 10.2 Å². The fourth-order valence-corrected chi connectivity index (χ4v) is 3.79. The van der Waals surface area contributed by atoms with E-state index in [1.165, 1.54) is 34.1 Å². The van der Waals surface area contributed by atoms with Gasteiger partial charge in [-0.3, -0.25) is 0 Å². The van der Waals surface area contributed by atoms with E-state index in [0.29, 0.717) is 6.04 Å². The molecule has 4 heteroatoms. The van der Waals surface area contributed by atoms with Gasteiger partial charge in [0.2, 0.25) is 0 Å². The number of nitrogens with zero attached hydrogens (tertiary/aromatic N) is 1. The number of anilines is 1. The molecule has 2 nitrogen and oxygen atoms in total. The molecular formula is C16H19BrN2S. The maximum Gasteiger partial charge on any atom is 0.0516 e. The van der Waals surface area contributed by atoms with E-state index < -0.39 is 0 Å². The first-order valence-electron chi connectivity index (χ1n) is 6.98. The minimum absolute atomic E-state index is 0.710.